The molecule has 4 heteroatoms. The summed E-state index contributed by atoms with van der Waals surface area (Å²) in [4.78, 5) is 24.1. The first-order chi connectivity index (χ1) is 11.8. The zero-order chi connectivity index (χ0) is 18.0. The third-order valence-corrected chi connectivity index (χ3v) is 4.37. The van der Waals surface area contributed by atoms with E-state index < -0.39 is 0 Å². The van der Waals surface area contributed by atoms with E-state index in [1.54, 1.807) is 24.3 Å². The molecule has 0 bridgehead atoms. The summed E-state index contributed by atoms with van der Waals surface area (Å²) in [5, 5.41) is 5.77. The van der Waals surface area contributed by atoms with Gasteiger partial charge in [0.1, 0.15) is 0 Å². The number of anilines is 2. The minimum absolute atomic E-state index is 0.0652. The number of carbonyl (C=O) groups excluding carboxylic acids is 2. The minimum Gasteiger partial charge on any atom is -0.326 e. The van der Waals surface area contributed by atoms with E-state index in [1.165, 1.54) is 5.56 Å². The van der Waals surface area contributed by atoms with Gasteiger partial charge in [0.2, 0.25) is 5.91 Å². The summed E-state index contributed by atoms with van der Waals surface area (Å²) in [6, 6.07) is 14.9. The third kappa shape index (κ3) is 4.47. The molecule has 0 saturated heterocycles. The van der Waals surface area contributed by atoms with Crippen LogP contribution in [0.2, 0.25) is 0 Å². The first kappa shape index (κ1) is 17.2. The van der Waals surface area contributed by atoms with Gasteiger partial charge in [-0.2, -0.15) is 0 Å². The highest BCUT2D eigenvalue weighted by Crippen LogP contribution is 2.30. The van der Waals surface area contributed by atoms with Gasteiger partial charge in [0.05, 0.1) is 0 Å². The van der Waals surface area contributed by atoms with Crippen LogP contribution in [0.3, 0.4) is 0 Å². The number of benzene rings is 2. The van der Waals surface area contributed by atoms with Gasteiger partial charge in [-0.25, -0.2) is 0 Å². The van der Waals surface area contributed by atoms with E-state index in [2.05, 4.69) is 31.4 Å². The second-order valence-corrected chi connectivity index (χ2v) is 7.62. The van der Waals surface area contributed by atoms with Crippen LogP contribution in [0.15, 0.2) is 48.5 Å². The van der Waals surface area contributed by atoms with Crippen LogP contribution >= 0.6 is 0 Å². The summed E-state index contributed by atoms with van der Waals surface area (Å²) in [7, 11) is 0. The van der Waals surface area contributed by atoms with Crippen LogP contribution in [0, 0.1) is 5.92 Å². The van der Waals surface area contributed by atoms with E-state index in [9.17, 15) is 9.59 Å². The largest absolute Gasteiger partial charge is 0.326 e. The lowest BCUT2D eigenvalue weighted by atomic mass is 9.87. The van der Waals surface area contributed by atoms with Gasteiger partial charge < -0.3 is 10.6 Å². The number of hydrogen-bond acceptors (Lipinski definition) is 2. The Kier molecular flexibility index (Phi) is 4.62. The van der Waals surface area contributed by atoms with E-state index in [4.69, 9.17) is 0 Å². The molecule has 0 spiro atoms. The maximum absolute atomic E-state index is 12.4. The van der Waals surface area contributed by atoms with E-state index in [-0.39, 0.29) is 23.1 Å². The molecule has 0 atom stereocenters. The maximum Gasteiger partial charge on any atom is 0.255 e. The van der Waals surface area contributed by atoms with Gasteiger partial charge >= 0.3 is 0 Å². The van der Waals surface area contributed by atoms with Crippen molar-refractivity contribution in [3.8, 4) is 0 Å². The van der Waals surface area contributed by atoms with Crippen LogP contribution in [-0.2, 0) is 10.2 Å². The highest BCUT2D eigenvalue weighted by molar-refractivity contribution is 6.04. The topological polar surface area (TPSA) is 58.2 Å². The molecule has 0 unspecified atom stereocenters. The van der Waals surface area contributed by atoms with Gasteiger partial charge in [0, 0.05) is 22.9 Å². The first-order valence-corrected chi connectivity index (χ1v) is 8.66. The van der Waals surface area contributed by atoms with Crippen molar-refractivity contribution in [2.75, 3.05) is 10.6 Å². The Morgan fingerprint density at radius 1 is 0.840 bits per heavy atom. The molecule has 2 N–H and O–H groups in total. The molecule has 3 rings (SSSR count). The normalized spacial score (nSPS) is 14.0. The highest BCUT2D eigenvalue weighted by atomic mass is 16.2. The molecule has 1 aliphatic carbocycles. The Labute approximate surface area is 148 Å². The van der Waals surface area contributed by atoms with Crippen molar-refractivity contribution >= 4 is 23.2 Å². The summed E-state index contributed by atoms with van der Waals surface area (Å²) >= 11 is 0. The van der Waals surface area contributed by atoms with Gasteiger partial charge in [-0.3, -0.25) is 9.59 Å². The SMILES string of the molecule is CC(C)(C)c1ccc(C(=O)Nc2ccc(NC(=O)C3CC3)cc2)cc1. The average Bonchev–Trinajstić information content (AvgIpc) is 3.41. The zero-order valence-corrected chi connectivity index (χ0v) is 14.9. The van der Waals surface area contributed by atoms with Crippen LogP contribution in [0.1, 0.15) is 49.5 Å². The lowest BCUT2D eigenvalue weighted by molar-refractivity contribution is -0.117. The number of hydrogen-bond donors (Lipinski definition) is 2. The lowest BCUT2D eigenvalue weighted by Crippen LogP contribution is -2.15. The van der Waals surface area contributed by atoms with Gasteiger partial charge in [-0.05, 0) is 60.2 Å². The average molecular weight is 336 g/mol. The predicted molar refractivity (Wildman–Crippen MR) is 101 cm³/mol. The standard InChI is InChI=1S/C21H24N2O2/c1-21(2,3)16-8-6-15(7-9-16)20(25)23-18-12-10-17(11-13-18)22-19(24)14-4-5-14/h6-14H,4-5H2,1-3H3,(H,22,24)(H,23,25). The Bertz CT molecular complexity index is 767. The second-order valence-electron chi connectivity index (χ2n) is 7.62. The molecular formula is C21H24N2O2. The predicted octanol–water partition coefficient (Wildman–Crippen LogP) is 4.58. The molecule has 1 saturated carbocycles. The fraction of sp³-hybridized carbons (Fsp3) is 0.333. The fourth-order valence-corrected chi connectivity index (χ4v) is 2.55. The molecule has 0 radical (unpaired) electrons. The smallest absolute Gasteiger partial charge is 0.255 e. The summed E-state index contributed by atoms with van der Waals surface area (Å²) in [5.41, 5.74) is 3.34. The quantitative estimate of drug-likeness (QED) is 0.858. The molecule has 2 amide bonds. The molecule has 1 fully saturated rings. The van der Waals surface area contributed by atoms with E-state index in [1.807, 2.05) is 24.3 Å². The summed E-state index contributed by atoms with van der Waals surface area (Å²) in [6.45, 7) is 6.43. The monoisotopic (exact) mass is 336 g/mol. The molecule has 1 aliphatic rings. The molecule has 0 heterocycles. The van der Waals surface area contributed by atoms with Crippen molar-refractivity contribution in [1.29, 1.82) is 0 Å². The summed E-state index contributed by atoms with van der Waals surface area (Å²) in [5.74, 6) is 0.112. The second kappa shape index (κ2) is 6.71. The van der Waals surface area contributed by atoms with E-state index in [0.29, 0.717) is 11.3 Å². The lowest BCUT2D eigenvalue weighted by Gasteiger charge is -2.19. The van der Waals surface area contributed by atoms with Crippen LogP contribution in [0.4, 0.5) is 11.4 Å². The van der Waals surface area contributed by atoms with Crippen LogP contribution < -0.4 is 10.6 Å². The van der Waals surface area contributed by atoms with Crippen LogP contribution in [0.5, 0.6) is 0 Å². The maximum atomic E-state index is 12.4. The van der Waals surface area contributed by atoms with Crippen molar-refractivity contribution in [2.24, 2.45) is 5.92 Å². The highest BCUT2D eigenvalue weighted by Gasteiger charge is 2.29. The van der Waals surface area contributed by atoms with Gasteiger partial charge in [-0.1, -0.05) is 32.9 Å². The van der Waals surface area contributed by atoms with E-state index >= 15 is 0 Å². The van der Waals surface area contributed by atoms with Crippen molar-refractivity contribution in [2.45, 2.75) is 39.0 Å². The van der Waals surface area contributed by atoms with Crippen molar-refractivity contribution < 1.29 is 9.59 Å². The Morgan fingerprint density at radius 3 is 1.84 bits per heavy atom. The Morgan fingerprint density at radius 2 is 1.36 bits per heavy atom. The molecule has 4 nitrogen and oxygen atoms in total. The van der Waals surface area contributed by atoms with Gasteiger partial charge in [-0.15, -0.1) is 0 Å². The number of carbonyl (C=O) groups is 2. The molecule has 130 valence electrons. The van der Waals surface area contributed by atoms with Crippen LogP contribution in [-0.4, -0.2) is 11.8 Å². The van der Waals surface area contributed by atoms with Crippen molar-refractivity contribution in [3.63, 3.8) is 0 Å². The molecule has 25 heavy (non-hydrogen) atoms. The summed E-state index contributed by atoms with van der Waals surface area (Å²) < 4.78 is 0. The summed E-state index contributed by atoms with van der Waals surface area (Å²) in [6.07, 6.45) is 1.96. The Hall–Kier alpha value is -2.62. The number of nitrogens with one attached hydrogen (secondary N) is 2. The molecule has 0 aliphatic heterocycles. The van der Waals surface area contributed by atoms with Gasteiger partial charge in [0.25, 0.3) is 5.91 Å². The minimum atomic E-state index is -0.143. The van der Waals surface area contributed by atoms with Crippen LogP contribution in [0.25, 0.3) is 0 Å². The Balaban J connectivity index is 1.61. The number of amides is 2. The molecule has 2 aromatic carbocycles. The van der Waals surface area contributed by atoms with Crippen molar-refractivity contribution in [3.05, 3.63) is 59.7 Å². The number of rotatable bonds is 4. The zero-order valence-electron chi connectivity index (χ0n) is 14.9. The fourth-order valence-electron chi connectivity index (χ4n) is 2.55. The molecule has 2 aromatic rings. The van der Waals surface area contributed by atoms with Crippen molar-refractivity contribution in [1.82, 2.24) is 0 Å². The van der Waals surface area contributed by atoms with E-state index in [0.717, 1.165) is 18.5 Å². The molecular weight excluding hydrogens is 312 g/mol. The first-order valence-electron chi connectivity index (χ1n) is 8.66. The van der Waals surface area contributed by atoms with Gasteiger partial charge in [0.15, 0.2) is 0 Å². The molecule has 0 aromatic heterocycles. The third-order valence-electron chi connectivity index (χ3n) is 4.37.